The topological polar surface area (TPSA) is 74.1 Å². The Kier molecular flexibility index (Phi) is 4.52. The highest BCUT2D eigenvalue weighted by Gasteiger charge is 2.20. The number of hydrogen-bond donors (Lipinski definition) is 0. The summed E-state index contributed by atoms with van der Waals surface area (Å²) in [7, 11) is 0. The molecule has 0 aliphatic heterocycles. The van der Waals surface area contributed by atoms with Crippen LogP contribution in [0.4, 0.5) is 4.39 Å². The molecule has 0 aliphatic carbocycles. The van der Waals surface area contributed by atoms with Crippen molar-refractivity contribution in [3.63, 3.8) is 0 Å². The minimum atomic E-state index is -0.846. The molecule has 0 N–H and O–H groups in total. The summed E-state index contributed by atoms with van der Waals surface area (Å²) in [5.41, 5.74) is 0.623. The normalized spacial score (nSPS) is 11.1. The van der Waals surface area contributed by atoms with Crippen LogP contribution in [0.3, 0.4) is 0 Å². The Labute approximate surface area is 163 Å². The molecule has 3 heterocycles. The third-order valence-corrected chi connectivity index (χ3v) is 4.51. The number of nitrogens with zero attached hydrogens (tertiary/aromatic N) is 3. The number of hydrogen-bond acceptors (Lipinski definition) is 5. The smallest absolute Gasteiger partial charge is 0.343 e. The fourth-order valence-corrected chi connectivity index (χ4v) is 3.10. The number of esters is 1. The van der Waals surface area contributed by atoms with Gasteiger partial charge in [0, 0.05) is 23.5 Å². The minimum Gasteiger partial charge on any atom is -0.462 e. The van der Waals surface area contributed by atoms with Gasteiger partial charge in [-0.25, -0.2) is 14.2 Å². The van der Waals surface area contributed by atoms with Crippen LogP contribution in [0.1, 0.15) is 17.3 Å². The van der Waals surface area contributed by atoms with Crippen molar-refractivity contribution >= 4 is 39.5 Å². The maximum Gasteiger partial charge on any atom is 0.343 e. The summed E-state index contributed by atoms with van der Waals surface area (Å²) in [4.78, 5) is 33.3. The van der Waals surface area contributed by atoms with Gasteiger partial charge in [-0.2, -0.15) is 0 Å². The number of fused-ring (bicyclic) bond motifs is 2. The molecule has 0 bridgehead atoms. The number of ether oxygens (including phenoxy) is 1. The first-order valence-electron chi connectivity index (χ1n) is 8.43. The molecule has 6 nitrogen and oxygen atoms in total. The Hall–Kier alpha value is -3.32. The molecular formula is C20H13ClFN3O3. The summed E-state index contributed by atoms with van der Waals surface area (Å²) >= 11 is 5.84. The predicted molar refractivity (Wildman–Crippen MR) is 104 cm³/mol. The van der Waals surface area contributed by atoms with Gasteiger partial charge < -0.3 is 9.30 Å². The summed E-state index contributed by atoms with van der Waals surface area (Å²) in [6.45, 7) is 1.74. The first-order chi connectivity index (χ1) is 13.5. The Bertz CT molecular complexity index is 1300. The molecule has 0 amide bonds. The molecule has 1 aromatic carbocycles. The molecule has 4 aromatic rings. The molecule has 0 atom stereocenters. The lowest BCUT2D eigenvalue weighted by Crippen LogP contribution is -2.21. The monoisotopic (exact) mass is 397 g/mol. The van der Waals surface area contributed by atoms with Gasteiger partial charge in [0.25, 0.3) is 0 Å². The molecule has 4 rings (SSSR count). The molecule has 0 spiro atoms. The number of carbonyl (C=O) groups is 1. The van der Waals surface area contributed by atoms with E-state index in [1.165, 1.54) is 10.8 Å². The molecule has 140 valence electrons. The van der Waals surface area contributed by atoms with Crippen molar-refractivity contribution in [3.05, 3.63) is 75.5 Å². The molecule has 8 heteroatoms. The van der Waals surface area contributed by atoms with Gasteiger partial charge in [0.15, 0.2) is 11.0 Å². The second-order valence-electron chi connectivity index (χ2n) is 5.97. The van der Waals surface area contributed by atoms with Gasteiger partial charge in [-0.15, -0.1) is 0 Å². The number of rotatable bonds is 3. The van der Waals surface area contributed by atoms with Crippen LogP contribution in [-0.2, 0) is 4.74 Å². The zero-order chi connectivity index (χ0) is 19.8. The van der Waals surface area contributed by atoms with E-state index in [-0.39, 0.29) is 28.4 Å². The molecule has 28 heavy (non-hydrogen) atoms. The van der Waals surface area contributed by atoms with E-state index < -0.39 is 17.2 Å². The largest absolute Gasteiger partial charge is 0.462 e. The van der Waals surface area contributed by atoms with Crippen molar-refractivity contribution in [1.82, 2.24) is 14.5 Å². The van der Waals surface area contributed by atoms with Crippen molar-refractivity contribution < 1.29 is 13.9 Å². The Morgan fingerprint density at radius 3 is 2.89 bits per heavy atom. The van der Waals surface area contributed by atoms with E-state index in [2.05, 4.69) is 9.97 Å². The Morgan fingerprint density at radius 2 is 2.11 bits per heavy atom. The number of aromatic nitrogens is 3. The summed E-state index contributed by atoms with van der Waals surface area (Å²) in [5, 5.41) is 0.406. The fraction of sp³-hybridized carbons (Fsp3) is 0.100. The van der Waals surface area contributed by atoms with Crippen molar-refractivity contribution in [2.75, 3.05) is 6.61 Å². The summed E-state index contributed by atoms with van der Waals surface area (Å²) in [5.74, 6) is -1.64. The lowest BCUT2D eigenvalue weighted by atomic mass is 10.1. The van der Waals surface area contributed by atoms with Gasteiger partial charge in [-0.05, 0) is 37.3 Å². The van der Waals surface area contributed by atoms with E-state index in [1.54, 1.807) is 31.3 Å². The Morgan fingerprint density at radius 1 is 1.29 bits per heavy atom. The van der Waals surface area contributed by atoms with Crippen LogP contribution in [-0.4, -0.2) is 27.1 Å². The van der Waals surface area contributed by atoms with Crippen LogP contribution < -0.4 is 5.43 Å². The Balaban J connectivity index is 2.07. The maximum atomic E-state index is 14.0. The van der Waals surface area contributed by atoms with E-state index in [0.717, 1.165) is 17.0 Å². The predicted octanol–water partition coefficient (Wildman–Crippen LogP) is 3.90. The average Bonchev–Trinajstić information content (AvgIpc) is 2.69. The zero-order valence-corrected chi connectivity index (χ0v) is 15.4. The third-order valence-electron chi connectivity index (χ3n) is 4.25. The van der Waals surface area contributed by atoms with E-state index in [4.69, 9.17) is 16.3 Å². The van der Waals surface area contributed by atoms with Crippen LogP contribution in [0.25, 0.3) is 27.6 Å². The van der Waals surface area contributed by atoms with Crippen molar-refractivity contribution in [2.24, 2.45) is 0 Å². The lowest BCUT2D eigenvalue weighted by molar-refractivity contribution is 0.0524. The van der Waals surface area contributed by atoms with Gasteiger partial charge >= 0.3 is 5.97 Å². The molecule has 0 radical (unpaired) electrons. The highest BCUT2D eigenvalue weighted by Crippen LogP contribution is 2.23. The zero-order valence-electron chi connectivity index (χ0n) is 14.6. The van der Waals surface area contributed by atoms with E-state index in [9.17, 15) is 14.0 Å². The first kappa shape index (κ1) is 18.1. The third kappa shape index (κ3) is 2.99. The fourth-order valence-electron chi connectivity index (χ4n) is 2.97. The molecule has 0 saturated carbocycles. The van der Waals surface area contributed by atoms with E-state index >= 15 is 0 Å². The number of pyridine rings is 3. The van der Waals surface area contributed by atoms with Crippen LogP contribution in [0, 0.1) is 5.82 Å². The second-order valence-corrected chi connectivity index (χ2v) is 6.33. The highest BCUT2D eigenvalue weighted by molar-refractivity contribution is 6.29. The number of halogens is 2. The molecule has 0 saturated heterocycles. The lowest BCUT2D eigenvalue weighted by Gasteiger charge is -2.13. The van der Waals surface area contributed by atoms with Gasteiger partial charge in [-0.3, -0.25) is 9.78 Å². The average molecular weight is 398 g/mol. The van der Waals surface area contributed by atoms with Crippen molar-refractivity contribution in [3.8, 4) is 5.69 Å². The second kappa shape index (κ2) is 7.01. The van der Waals surface area contributed by atoms with Gasteiger partial charge in [0.1, 0.15) is 11.2 Å². The molecule has 0 unspecified atom stereocenters. The quantitative estimate of drug-likeness (QED) is 0.387. The highest BCUT2D eigenvalue weighted by atomic mass is 35.5. The molecule has 3 aromatic heterocycles. The minimum absolute atomic E-state index is 0.0706. The van der Waals surface area contributed by atoms with E-state index in [0.29, 0.717) is 5.69 Å². The van der Waals surface area contributed by atoms with Gasteiger partial charge in [0.2, 0.25) is 5.43 Å². The van der Waals surface area contributed by atoms with Crippen LogP contribution in [0.2, 0.25) is 5.15 Å². The molecule has 0 aliphatic rings. The number of carbonyl (C=O) groups excluding carboxylic acids is 1. The van der Waals surface area contributed by atoms with Crippen LogP contribution in [0.5, 0.6) is 0 Å². The summed E-state index contributed by atoms with van der Waals surface area (Å²) in [6.07, 6.45) is 3.02. The van der Waals surface area contributed by atoms with Crippen LogP contribution in [0.15, 0.2) is 53.6 Å². The summed E-state index contributed by atoms with van der Waals surface area (Å²) < 4.78 is 20.5. The molecular weight excluding hydrogens is 385 g/mol. The van der Waals surface area contributed by atoms with Crippen molar-refractivity contribution in [1.29, 1.82) is 0 Å². The summed E-state index contributed by atoms with van der Waals surface area (Å²) in [6, 6.07) is 10.0. The van der Waals surface area contributed by atoms with Crippen LogP contribution >= 0.6 is 11.6 Å². The maximum absolute atomic E-state index is 14.0. The molecule has 0 fully saturated rings. The van der Waals surface area contributed by atoms with Gasteiger partial charge in [0.05, 0.1) is 17.5 Å². The van der Waals surface area contributed by atoms with Crippen molar-refractivity contribution in [2.45, 2.75) is 6.92 Å². The standard InChI is InChI=1S/C20H13ClFN3O3/c1-2-28-20(27)14-10-25(12-5-6-16-11(8-12)4-3-7-23-16)19-13(17(14)26)9-15(22)18(21)24-19/h3-10H,2H2,1H3. The van der Waals surface area contributed by atoms with E-state index in [1.807, 2.05) is 12.1 Å². The number of benzene rings is 1. The first-order valence-corrected chi connectivity index (χ1v) is 8.81. The van der Waals surface area contributed by atoms with Gasteiger partial charge in [-0.1, -0.05) is 17.7 Å². The SMILES string of the molecule is CCOC(=O)c1cn(-c2ccc3ncccc3c2)c2nc(Cl)c(F)cc2c1=O.